The van der Waals surface area contributed by atoms with Crippen LogP contribution >= 0.6 is 15.9 Å². The first kappa shape index (κ1) is 11.5. The number of aromatic nitrogens is 3. The molecular formula is C11H7BrN4O. The van der Waals surface area contributed by atoms with Crippen molar-refractivity contribution in [1.82, 2.24) is 14.8 Å². The third-order valence-corrected chi connectivity index (χ3v) is 2.81. The van der Waals surface area contributed by atoms with Crippen molar-refractivity contribution >= 4 is 21.7 Å². The van der Waals surface area contributed by atoms with Crippen molar-refractivity contribution in [3.63, 3.8) is 0 Å². The zero-order valence-corrected chi connectivity index (χ0v) is 10.3. The first-order chi connectivity index (χ1) is 8.20. The predicted molar refractivity (Wildman–Crippen MR) is 63.2 cm³/mol. The zero-order valence-electron chi connectivity index (χ0n) is 8.67. The van der Waals surface area contributed by atoms with Gasteiger partial charge < -0.3 is 0 Å². The Morgan fingerprint density at radius 1 is 1.47 bits per heavy atom. The van der Waals surface area contributed by atoms with E-state index in [0.717, 1.165) is 4.47 Å². The van der Waals surface area contributed by atoms with E-state index in [9.17, 15) is 4.79 Å². The molecule has 1 aromatic heterocycles. The number of nitrogens with zero attached hydrogens (tertiary/aromatic N) is 4. The van der Waals surface area contributed by atoms with E-state index in [1.54, 1.807) is 18.2 Å². The number of halogens is 1. The van der Waals surface area contributed by atoms with E-state index < -0.39 is 0 Å². The van der Waals surface area contributed by atoms with Crippen LogP contribution in [0.1, 0.15) is 16.2 Å². The molecular weight excluding hydrogens is 284 g/mol. The van der Waals surface area contributed by atoms with E-state index in [4.69, 9.17) is 5.26 Å². The van der Waals surface area contributed by atoms with Crippen molar-refractivity contribution in [2.75, 3.05) is 0 Å². The van der Waals surface area contributed by atoms with Crippen molar-refractivity contribution in [3.05, 3.63) is 46.5 Å². The average molecular weight is 291 g/mol. The molecule has 0 spiro atoms. The topological polar surface area (TPSA) is 71.6 Å². The van der Waals surface area contributed by atoms with Crippen LogP contribution in [0.4, 0.5) is 0 Å². The fourth-order valence-electron chi connectivity index (χ4n) is 1.34. The van der Waals surface area contributed by atoms with Gasteiger partial charge in [0.1, 0.15) is 18.9 Å². The van der Waals surface area contributed by atoms with Gasteiger partial charge >= 0.3 is 0 Å². The van der Waals surface area contributed by atoms with Gasteiger partial charge in [0.2, 0.25) is 0 Å². The molecule has 6 heteroatoms. The molecule has 0 saturated carbocycles. The van der Waals surface area contributed by atoms with Crippen molar-refractivity contribution < 1.29 is 4.79 Å². The quantitative estimate of drug-likeness (QED) is 0.808. The summed E-state index contributed by atoms with van der Waals surface area (Å²) in [4.78, 5) is 15.7. The van der Waals surface area contributed by atoms with E-state index in [1.165, 1.54) is 11.0 Å². The van der Waals surface area contributed by atoms with Crippen molar-refractivity contribution in [3.8, 4) is 6.07 Å². The molecule has 0 amide bonds. The Labute approximate surface area is 106 Å². The summed E-state index contributed by atoms with van der Waals surface area (Å²) < 4.78 is 2.09. The van der Waals surface area contributed by atoms with Gasteiger partial charge in [-0.25, -0.2) is 9.67 Å². The second kappa shape index (κ2) is 4.89. The van der Waals surface area contributed by atoms with E-state index >= 15 is 0 Å². The van der Waals surface area contributed by atoms with Gasteiger partial charge in [-0.1, -0.05) is 34.1 Å². The van der Waals surface area contributed by atoms with Crippen molar-refractivity contribution in [2.24, 2.45) is 0 Å². The van der Waals surface area contributed by atoms with Crippen LogP contribution < -0.4 is 0 Å². The number of Topliss-reactive ketones (excluding diaryl/α,β-unsaturated/α-hetero) is 1. The summed E-state index contributed by atoms with van der Waals surface area (Å²) in [6.45, 7) is 0.0668. The van der Waals surface area contributed by atoms with E-state index in [-0.39, 0.29) is 18.2 Å². The first-order valence-electron chi connectivity index (χ1n) is 4.78. The van der Waals surface area contributed by atoms with Crippen LogP contribution in [0.15, 0.2) is 35.1 Å². The Bertz CT molecular complexity index is 600. The lowest BCUT2D eigenvalue weighted by Crippen LogP contribution is -2.11. The van der Waals surface area contributed by atoms with Crippen LogP contribution in [-0.2, 0) is 6.54 Å². The first-order valence-corrected chi connectivity index (χ1v) is 5.57. The highest BCUT2D eigenvalue weighted by Gasteiger charge is 2.11. The number of hydrogen-bond donors (Lipinski definition) is 0. The number of rotatable bonds is 3. The Morgan fingerprint density at radius 3 is 2.88 bits per heavy atom. The number of hydrogen-bond acceptors (Lipinski definition) is 4. The Kier molecular flexibility index (Phi) is 3.30. The normalized spacial score (nSPS) is 9.88. The summed E-state index contributed by atoms with van der Waals surface area (Å²) in [5.41, 5.74) is 0.585. The third-order valence-electron chi connectivity index (χ3n) is 2.12. The van der Waals surface area contributed by atoms with Crippen LogP contribution in [0.25, 0.3) is 0 Å². The SMILES string of the molecule is N#Cc1ncn(CC(=O)c2ccccc2Br)n1. The van der Waals surface area contributed by atoms with Gasteiger partial charge in [0.15, 0.2) is 5.78 Å². The van der Waals surface area contributed by atoms with Crippen LogP contribution in [0.2, 0.25) is 0 Å². The van der Waals surface area contributed by atoms with Crippen LogP contribution in [-0.4, -0.2) is 20.5 Å². The highest BCUT2D eigenvalue weighted by atomic mass is 79.9. The Morgan fingerprint density at radius 2 is 2.24 bits per heavy atom. The molecule has 0 unspecified atom stereocenters. The minimum Gasteiger partial charge on any atom is -0.292 e. The summed E-state index contributed by atoms with van der Waals surface area (Å²) in [6.07, 6.45) is 1.37. The lowest BCUT2D eigenvalue weighted by atomic mass is 10.1. The second-order valence-corrected chi connectivity index (χ2v) is 4.13. The Balaban J connectivity index is 2.18. The molecule has 1 heterocycles. The minimum absolute atomic E-state index is 0.0601. The van der Waals surface area contributed by atoms with Crippen LogP contribution in [0, 0.1) is 11.3 Å². The van der Waals surface area contributed by atoms with Gasteiger partial charge in [0, 0.05) is 10.0 Å². The van der Waals surface area contributed by atoms with Gasteiger partial charge in [-0.3, -0.25) is 4.79 Å². The molecule has 0 aliphatic heterocycles. The highest BCUT2D eigenvalue weighted by Crippen LogP contribution is 2.16. The smallest absolute Gasteiger partial charge is 0.252 e. The van der Waals surface area contributed by atoms with E-state index in [0.29, 0.717) is 5.56 Å². The molecule has 17 heavy (non-hydrogen) atoms. The van der Waals surface area contributed by atoms with Gasteiger partial charge in [-0.15, -0.1) is 5.10 Å². The number of carbonyl (C=O) groups is 1. The van der Waals surface area contributed by atoms with Crippen molar-refractivity contribution in [2.45, 2.75) is 6.54 Å². The lowest BCUT2D eigenvalue weighted by Gasteiger charge is -2.02. The van der Waals surface area contributed by atoms with Gasteiger partial charge in [0.05, 0.1) is 0 Å². The van der Waals surface area contributed by atoms with Gasteiger partial charge in [-0.05, 0) is 6.07 Å². The third kappa shape index (κ3) is 2.57. The molecule has 0 fully saturated rings. The summed E-state index contributed by atoms with van der Waals surface area (Å²) in [7, 11) is 0. The van der Waals surface area contributed by atoms with Gasteiger partial charge in [0.25, 0.3) is 5.82 Å². The van der Waals surface area contributed by atoms with Crippen LogP contribution in [0.5, 0.6) is 0 Å². The Hall–Kier alpha value is -2.00. The molecule has 0 N–H and O–H groups in total. The number of nitriles is 1. The van der Waals surface area contributed by atoms with E-state index in [2.05, 4.69) is 26.0 Å². The lowest BCUT2D eigenvalue weighted by molar-refractivity contribution is 0.0967. The van der Waals surface area contributed by atoms with E-state index in [1.807, 2.05) is 12.1 Å². The molecule has 0 bridgehead atoms. The maximum Gasteiger partial charge on any atom is 0.252 e. The fraction of sp³-hybridized carbons (Fsp3) is 0.0909. The molecule has 0 atom stereocenters. The largest absolute Gasteiger partial charge is 0.292 e. The predicted octanol–water partition coefficient (Wildman–Crippen LogP) is 1.80. The fourth-order valence-corrected chi connectivity index (χ4v) is 1.85. The second-order valence-electron chi connectivity index (χ2n) is 3.28. The summed E-state index contributed by atoms with van der Waals surface area (Å²) in [6, 6.07) is 8.97. The molecule has 1 aromatic carbocycles. The van der Waals surface area contributed by atoms with Gasteiger partial charge in [-0.2, -0.15) is 5.26 Å². The average Bonchev–Trinajstić information content (AvgIpc) is 2.77. The number of benzene rings is 1. The minimum atomic E-state index is -0.0909. The molecule has 0 radical (unpaired) electrons. The maximum absolute atomic E-state index is 11.9. The monoisotopic (exact) mass is 290 g/mol. The summed E-state index contributed by atoms with van der Waals surface area (Å²) in [5.74, 6) is -0.0307. The molecule has 2 aromatic rings. The maximum atomic E-state index is 11.9. The molecule has 2 rings (SSSR count). The summed E-state index contributed by atoms with van der Waals surface area (Å²) in [5, 5.41) is 12.4. The number of carbonyl (C=O) groups excluding carboxylic acids is 1. The standard InChI is InChI=1S/C11H7BrN4O/c12-9-4-2-1-3-8(9)10(17)6-16-7-14-11(5-13)15-16/h1-4,7H,6H2. The highest BCUT2D eigenvalue weighted by molar-refractivity contribution is 9.10. The zero-order chi connectivity index (χ0) is 12.3. The molecule has 0 saturated heterocycles. The molecule has 0 aliphatic rings. The van der Waals surface area contributed by atoms with Crippen LogP contribution in [0.3, 0.4) is 0 Å². The molecule has 0 aliphatic carbocycles. The number of ketones is 1. The molecule has 5 nitrogen and oxygen atoms in total. The summed E-state index contributed by atoms with van der Waals surface area (Å²) >= 11 is 3.31. The van der Waals surface area contributed by atoms with Crippen molar-refractivity contribution in [1.29, 1.82) is 5.26 Å². The molecule has 84 valence electrons.